The summed E-state index contributed by atoms with van der Waals surface area (Å²) < 4.78 is 0.168. The first-order chi connectivity index (χ1) is 9.41. The average molecular weight is 293 g/mol. The Hall–Kier alpha value is -1.49. The van der Waals surface area contributed by atoms with Gasteiger partial charge in [-0.1, -0.05) is 26.0 Å². The van der Waals surface area contributed by atoms with Gasteiger partial charge in [0.1, 0.15) is 0 Å². The molecule has 0 spiro atoms. The molecule has 108 valence electrons. The number of carboxylic acid groups (broad SMARTS) is 1. The molecule has 1 aromatic rings. The normalized spacial score (nSPS) is 18.4. The molecule has 1 aliphatic heterocycles. The SMILES string of the molecule is CC1(C)CCN(C(=O)c2ccccc2C(=O)O)CCS1. The Bertz CT molecular complexity index is 528. The summed E-state index contributed by atoms with van der Waals surface area (Å²) in [5.41, 5.74) is 0.360. The standard InChI is InChI=1S/C15H19NO3S/c1-15(2)7-8-16(9-10-20-15)13(17)11-5-3-4-6-12(11)14(18)19/h3-6H,7-10H2,1-2H3,(H,18,19). The van der Waals surface area contributed by atoms with Gasteiger partial charge in [-0.15, -0.1) is 0 Å². The molecular weight excluding hydrogens is 274 g/mol. The Kier molecular flexibility index (Phi) is 4.38. The Labute approximate surface area is 123 Å². The van der Waals surface area contributed by atoms with E-state index in [1.54, 1.807) is 23.1 Å². The van der Waals surface area contributed by atoms with Gasteiger partial charge >= 0.3 is 5.97 Å². The molecule has 0 aromatic heterocycles. The number of amides is 1. The first kappa shape index (κ1) is 14.9. The third-order valence-corrected chi connectivity index (χ3v) is 4.89. The zero-order valence-corrected chi connectivity index (χ0v) is 12.6. The smallest absolute Gasteiger partial charge is 0.336 e. The average Bonchev–Trinajstić information content (AvgIpc) is 2.59. The molecule has 2 rings (SSSR count). The van der Waals surface area contributed by atoms with Crippen LogP contribution in [-0.4, -0.2) is 45.5 Å². The molecule has 0 radical (unpaired) electrons. The lowest BCUT2D eigenvalue weighted by molar-refractivity contribution is 0.0676. The lowest BCUT2D eigenvalue weighted by Crippen LogP contribution is -2.34. The number of rotatable bonds is 2. The Morgan fingerprint density at radius 2 is 1.85 bits per heavy atom. The van der Waals surface area contributed by atoms with Crippen LogP contribution in [0.15, 0.2) is 24.3 Å². The lowest BCUT2D eigenvalue weighted by atomic mass is 10.1. The second-order valence-electron chi connectivity index (χ2n) is 5.50. The fourth-order valence-electron chi connectivity index (χ4n) is 2.25. The van der Waals surface area contributed by atoms with E-state index in [-0.39, 0.29) is 21.8 Å². The van der Waals surface area contributed by atoms with Crippen LogP contribution in [0.25, 0.3) is 0 Å². The minimum absolute atomic E-state index is 0.0775. The van der Waals surface area contributed by atoms with Crippen LogP contribution in [0.4, 0.5) is 0 Å². The van der Waals surface area contributed by atoms with Crippen molar-refractivity contribution in [2.75, 3.05) is 18.8 Å². The van der Waals surface area contributed by atoms with E-state index in [9.17, 15) is 14.7 Å². The monoisotopic (exact) mass is 293 g/mol. The highest BCUT2D eigenvalue weighted by Gasteiger charge is 2.27. The number of nitrogens with zero attached hydrogens (tertiary/aromatic N) is 1. The van der Waals surface area contributed by atoms with Crippen molar-refractivity contribution >= 4 is 23.6 Å². The highest BCUT2D eigenvalue weighted by molar-refractivity contribution is 8.00. The number of carboxylic acids is 1. The second kappa shape index (κ2) is 5.87. The van der Waals surface area contributed by atoms with Gasteiger partial charge in [-0.25, -0.2) is 4.79 Å². The second-order valence-corrected chi connectivity index (χ2v) is 7.30. The molecule has 1 aromatic carbocycles. The minimum atomic E-state index is -1.06. The molecule has 4 nitrogen and oxygen atoms in total. The van der Waals surface area contributed by atoms with Crippen molar-refractivity contribution in [3.8, 4) is 0 Å². The van der Waals surface area contributed by atoms with E-state index >= 15 is 0 Å². The number of hydrogen-bond acceptors (Lipinski definition) is 3. The van der Waals surface area contributed by atoms with Crippen molar-refractivity contribution in [3.63, 3.8) is 0 Å². The van der Waals surface area contributed by atoms with Gasteiger partial charge in [-0.3, -0.25) is 4.79 Å². The maximum atomic E-state index is 12.5. The topological polar surface area (TPSA) is 57.6 Å². The van der Waals surface area contributed by atoms with E-state index in [1.807, 2.05) is 11.8 Å². The predicted octanol–water partition coefficient (Wildman–Crippen LogP) is 2.74. The molecule has 5 heteroatoms. The molecule has 0 saturated carbocycles. The summed E-state index contributed by atoms with van der Waals surface area (Å²) in [6, 6.07) is 6.42. The van der Waals surface area contributed by atoms with Gasteiger partial charge in [0.15, 0.2) is 0 Å². The molecule has 20 heavy (non-hydrogen) atoms. The van der Waals surface area contributed by atoms with E-state index in [0.717, 1.165) is 12.2 Å². The molecule has 0 unspecified atom stereocenters. The van der Waals surface area contributed by atoms with Crippen LogP contribution in [0.3, 0.4) is 0 Å². The fraction of sp³-hybridized carbons (Fsp3) is 0.467. The van der Waals surface area contributed by atoms with Crippen molar-refractivity contribution in [1.29, 1.82) is 0 Å². The summed E-state index contributed by atoms with van der Waals surface area (Å²) in [6.07, 6.45) is 0.915. The van der Waals surface area contributed by atoms with Crippen LogP contribution < -0.4 is 0 Å². The molecule has 0 aliphatic carbocycles. The number of carbonyl (C=O) groups excluding carboxylic acids is 1. The molecular formula is C15H19NO3S. The first-order valence-corrected chi connectivity index (χ1v) is 7.65. The van der Waals surface area contributed by atoms with Gasteiger partial charge in [-0.2, -0.15) is 11.8 Å². The Morgan fingerprint density at radius 3 is 2.50 bits per heavy atom. The Morgan fingerprint density at radius 1 is 1.20 bits per heavy atom. The van der Waals surface area contributed by atoms with E-state index < -0.39 is 5.97 Å². The van der Waals surface area contributed by atoms with Crippen molar-refractivity contribution in [3.05, 3.63) is 35.4 Å². The van der Waals surface area contributed by atoms with Gasteiger partial charge in [-0.05, 0) is 18.6 Å². The largest absolute Gasteiger partial charge is 0.478 e. The van der Waals surface area contributed by atoms with Gasteiger partial charge in [0.25, 0.3) is 5.91 Å². The molecule has 1 aliphatic rings. The van der Waals surface area contributed by atoms with E-state index in [0.29, 0.717) is 13.1 Å². The number of hydrogen-bond donors (Lipinski definition) is 1. The van der Waals surface area contributed by atoms with E-state index in [1.165, 1.54) is 6.07 Å². The summed E-state index contributed by atoms with van der Waals surface area (Å²) in [4.78, 5) is 25.5. The van der Waals surface area contributed by atoms with Gasteiger partial charge < -0.3 is 10.0 Å². The van der Waals surface area contributed by atoms with Crippen molar-refractivity contribution < 1.29 is 14.7 Å². The molecule has 1 fully saturated rings. The van der Waals surface area contributed by atoms with E-state index in [2.05, 4.69) is 13.8 Å². The summed E-state index contributed by atoms with van der Waals surface area (Å²) >= 11 is 1.86. The lowest BCUT2D eigenvalue weighted by Gasteiger charge is -2.23. The molecule has 1 amide bonds. The van der Waals surface area contributed by atoms with Crippen molar-refractivity contribution in [2.24, 2.45) is 0 Å². The molecule has 0 atom stereocenters. The van der Waals surface area contributed by atoms with Gasteiger partial charge in [0.05, 0.1) is 11.1 Å². The Balaban J connectivity index is 2.21. The van der Waals surface area contributed by atoms with E-state index in [4.69, 9.17) is 0 Å². The highest BCUT2D eigenvalue weighted by atomic mass is 32.2. The maximum Gasteiger partial charge on any atom is 0.336 e. The number of benzene rings is 1. The summed E-state index contributed by atoms with van der Waals surface area (Å²) in [5.74, 6) is -0.353. The van der Waals surface area contributed by atoms with Gasteiger partial charge in [0, 0.05) is 23.6 Å². The summed E-state index contributed by atoms with van der Waals surface area (Å²) in [7, 11) is 0. The fourth-order valence-corrected chi connectivity index (χ4v) is 3.35. The number of carbonyl (C=O) groups is 2. The van der Waals surface area contributed by atoms with Crippen LogP contribution in [-0.2, 0) is 0 Å². The van der Waals surface area contributed by atoms with Crippen LogP contribution in [0.5, 0.6) is 0 Å². The predicted molar refractivity (Wildman–Crippen MR) is 80.5 cm³/mol. The molecule has 0 bridgehead atoms. The number of aromatic carboxylic acids is 1. The zero-order chi connectivity index (χ0) is 14.8. The zero-order valence-electron chi connectivity index (χ0n) is 11.8. The van der Waals surface area contributed by atoms with Crippen LogP contribution in [0.1, 0.15) is 41.0 Å². The summed E-state index contributed by atoms with van der Waals surface area (Å²) in [6.45, 7) is 5.70. The van der Waals surface area contributed by atoms with Crippen LogP contribution >= 0.6 is 11.8 Å². The molecule has 1 heterocycles. The van der Waals surface area contributed by atoms with Crippen molar-refractivity contribution in [2.45, 2.75) is 25.0 Å². The molecule has 1 saturated heterocycles. The van der Waals surface area contributed by atoms with Gasteiger partial charge in [0.2, 0.25) is 0 Å². The third-order valence-electron chi connectivity index (χ3n) is 3.51. The maximum absolute atomic E-state index is 12.5. The highest BCUT2D eigenvalue weighted by Crippen LogP contribution is 2.31. The van der Waals surface area contributed by atoms with Crippen molar-refractivity contribution in [1.82, 2.24) is 4.90 Å². The van der Waals surface area contributed by atoms with Crippen LogP contribution in [0.2, 0.25) is 0 Å². The number of thioether (sulfide) groups is 1. The first-order valence-electron chi connectivity index (χ1n) is 6.66. The van der Waals surface area contributed by atoms with Crippen LogP contribution in [0, 0.1) is 0 Å². The molecule has 1 N–H and O–H groups in total. The quantitative estimate of drug-likeness (QED) is 0.911. The summed E-state index contributed by atoms with van der Waals surface area (Å²) in [5, 5.41) is 9.18. The minimum Gasteiger partial charge on any atom is -0.478 e. The third kappa shape index (κ3) is 3.33.